The summed E-state index contributed by atoms with van der Waals surface area (Å²) >= 11 is 0. The van der Waals surface area contributed by atoms with Gasteiger partial charge in [-0.3, -0.25) is 0 Å². The van der Waals surface area contributed by atoms with Crippen LogP contribution in [0.1, 0.15) is 0 Å². The molecule has 6 nitrogen and oxygen atoms in total. The van der Waals surface area contributed by atoms with Crippen LogP contribution in [0, 0.1) is 0 Å². The van der Waals surface area contributed by atoms with E-state index in [1.807, 2.05) is 0 Å². The van der Waals surface area contributed by atoms with Crippen LogP contribution >= 0.6 is 0 Å². The summed E-state index contributed by atoms with van der Waals surface area (Å²) in [7, 11) is -8.20. The van der Waals surface area contributed by atoms with Crippen molar-refractivity contribution in [1.29, 1.82) is 0 Å². The van der Waals surface area contributed by atoms with Gasteiger partial charge in [-0.1, -0.05) is 0 Å². The molecule has 1 rings (SSSR count). The van der Waals surface area contributed by atoms with Gasteiger partial charge < -0.3 is 9.59 Å². The number of hydrogen-bond acceptors (Lipinski definition) is 6. The highest BCUT2D eigenvalue weighted by atomic mass is 32.3. The van der Waals surface area contributed by atoms with E-state index in [9.17, 15) is 8.42 Å². The van der Waals surface area contributed by atoms with E-state index in [2.05, 4.69) is 7.74 Å². The van der Waals surface area contributed by atoms with Gasteiger partial charge >= 0.3 is 19.4 Å². The van der Waals surface area contributed by atoms with Crippen LogP contribution < -0.4 is 0 Å². The maximum absolute atomic E-state index is 9.77. The van der Waals surface area contributed by atoms with Gasteiger partial charge in [-0.2, -0.15) is 8.42 Å². The molecule has 0 amide bonds. The molecule has 0 aromatic rings. The van der Waals surface area contributed by atoms with Gasteiger partial charge in [0.15, 0.2) is 0 Å². The zero-order chi connectivity index (χ0) is 6.41. The second-order valence-electron chi connectivity index (χ2n) is 1.12. The van der Waals surface area contributed by atoms with E-state index >= 15 is 0 Å². The molecule has 0 unspecified atom stereocenters. The van der Waals surface area contributed by atoms with Gasteiger partial charge in [0.2, 0.25) is 0 Å². The first-order valence-corrected chi connectivity index (χ1v) is 4.57. The molecule has 1 heterocycles. The minimum absolute atomic E-state index is 3.51. The Balaban J connectivity index is 2.68. The average molecular weight is 158 g/mol. The summed E-state index contributed by atoms with van der Waals surface area (Å²) in [5.41, 5.74) is 0. The van der Waals surface area contributed by atoms with Gasteiger partial charge in [-0.25, -0.2) is 7.74 Å². The third-order valence-electron chi connectivity index (χ3n) is 0.421. The Morgan fingerprint density at radius 2 is 1.62 bits per heavy atom. The Labute approximate surface area is 46.1 Å². The van der Waals surface area contributed by atoms with Crippen LogP contribution in [0.4, 0.5) is 0 Å². The van der Waals surface area contributed by atoms with Gasteiger partial charge in [-0.05, 0) is 0 Å². The maximum atomic E-state index is 9.77. The first-order chi connectivity index (χ1) is 3.41. The molecule has 0 radical (unpaired) electrons. The second kappa shape index (κ2) is 1.29. The third kappa shape index (κ3) is 1.04. The largest absolute Gasteiger partial charge is 0.707 e. The summed E-state index contributed by atoms with van der Waals surface area (Å²) in [4.78, 5) is 16.2. The molecule has 48 valence electrons. The first kappa shape index (κ1) is 6.13. The zero-order valence-electron chi connectivity index (χ0n) is 3.44. The second-order valence-corrected chi connectivity index (χ2v) is 4.37. The topological polar surface area (TPSA) is 93.1 Å². The summed E-state index contributed by atoms with van der Waals surface area (Å²) in [6, 6.07) is 0. The minimum atomic E-state index is -4.17. The average Bonchev–Trinajstić information content (AvgIpc) is 1.20. The number of hydrogen-bond donors (Lipinski definition) is 2. The van der Waals surface area contributed by atoms with E-state index in [1.165, 1.54) is 0 Å². The van der Waals surface area contributed by atoms with Crippen LogP contribution in [0.3, 0.4) is 0 Å². The molecular formula is H2O6SSi. The Morgan fingerprint density at radius 1 is 1.25 bits per heavy atom. The monoisotopic (exact) mass is 158 g/mol. The summed E-state index contributed by atoms with van der Waals surface area (Å²) in [5, 5.41) is 0. The highest BCUT2D eigenvalue weighted by Crippen LogP contribution is 2.19. The van der Waals surface area contributed by atoms with Gasteiger partial charge in [0.1, 0.15) is 0 Å². The lowest BCUT2D eigenvalue weighted by Gasteiger charge is -2.22. The van der Waals surface area contributed by atoms with Crippen LogP contribution in [0.25, 0.3) is 0 Å². The third-order valence-corrected chi connectivity index (χ3v) is 3.79. The molecule has 1 fully saturated rings. The van der Waals surface area contributed by atoms with Crippen LogP contribution in [0.15, 0.2) is 0 Å². The van der Waals surface area contributed by atoms with E-state index in [0.717, 1.165) is 0 Å². The molecule has 0 aromatic carbocycles. The summed E-state index contributed by atoms with van der Waals surface area (Å²) in [5.74, 6) is 0. The van der Waals surface area contributed by atoms with Crippen molar-refractivity contribution in [1.82, 2.24) is 0 Å². The van der Waals surface area contributed by atoms with Crippen molar-refractivity contribution < 1.29 is 25.8 Å². The Morgan fingerprint density at radius 3 is 1.62 bits per heavy atom. The fourth-order valence-electron chi connectivity index (χ4n) is 0.272. The SMILES string of the molecule is O=S1(=O)O[Si](O)(O)O1. The fraction of sp³-hybridized carbons (Fsp3) is 0. The van der Waals surface area contributed by atoms with Crippen molar-refractivity contribution in [2.45, 2.75) is 0 Å². The summed E-state index contributed by atoms with van der Waals surface area (Å²) < 4.78 is 26.6. The molecule has 1 aliphatic heterocycles. The molecule has 8 heavy (non-hydrogen) atoms. The molecule has 0 atom stereocenters. The minimum Gasteiger partial charge on any atom is -0.366 e. The fourth-order valence-corrected chi connectivity index (χ4v) is 2.45. The van der Waals surface area contributed by atoms with Crippen molar-refractivity contribution in [3.8, 4) is 0 Å². The van der Waals surface area contributed by atoms with Crippen molar-refractivity contribution in [2.75, 3.05) is 0 Å². The highest BCUT2D eigenvalue weighted by molar-refractivity contribution is 7.86. The van der Waals surface area contributed by atoms with E-state index < -0.39 is 19.4 Å². The quantitative estimate of drug-likeness (QED) is 0.385. The van der Waals surface area contributed by atoms with Gasteiger partial charge in [-0.15, -0.1) is 0 Å². The summed E-state index contributed by atoms with van der Waals surface area (Å²) in [6.45, 7) is 0. The van der Waals surface area contributed by atoms with E-state index in [4.69, 9.17) is 9.59 Å². The Kier molecular flexibility index (Phi) is 0.988. The van der Waals surface area contributed by atoms with E-state index in [0.29, 0.717) is 0 Å². The predicted octanol–water partition coefficient (Wildman–Crippen LogP) is -2.30. The maximum Gasteiger partial charge on any atom is 0.707 e. The molecule has 1 aliphatic rings. The molecule has 2 N–H and O–H groups in total. The smallest absolute Gasteiger partial charge is 0.366 e. The van der Waals surface area contributed by atoms with Crippen molar-refractivity contribution in [3.05, 3.63) is 0 Å². The highest BCUT2D eigenvalue weighted by Gasteiger charge is 2.58. The molecular weight excluding hydrogens is 156 g/mol. The normalized spacial score (nSPS) is 31.2. The van der Waals surface area contributed by atoms with Crippen LogP contribution in [-0.4, -0.2) is 27.1 Å². The Bertz CT molecular complexity index is 173. The Hall–Kier alpha value is 0.00688. The summed E-state index contributed by atoms with van der Waals surface area (Å²) in [6.07, 6.45) is 0. The lowest BCUT2D eigenvalue weighted by Crippen LogP contribution is -2.56. The molecule has 1 saturated heterocycles. The zero-order valence-corrected chi connectivity index (χ0v) is 5.25. The molecule has 0 spiro atoms. The lowest BCUT2D eigenvalue weighted by molar-refractivity contribution is 0.0802. The molecule has 8 heteroatoms. The van der Waals surface area contributed by atoms with Crippen LogP contribution in [-0.2, 0) is 18.1 Å². The standard InChI is InChI=1S/H2O6SSi/c1-7(2)5-8(3,4)6-7/h3-4H. The molecule has 0 aromatic heterocycles. The van der Waals surface area contributed by atoms with Crippen LogP contribution in [0.5, 0.6) is 0 Å². The van der Waals surface area contributed by atoms with E-state index in [1.54, 1.807) is 0 Å². The number of rotatable bonds is 0. The molecule has 0 bridgehead atoms. The van der Waals surface area contributed by atoms with Crippen molar-refractivity contribution >= 4 is 19.4 Å². The van der Waals surface area contributed by atoms with Gasteiger partial charge in [0.05, 0.1) is 0 Å². The predicted molar refractivity (Wildman–Crippen MR) is 21.3 cm³/mol. The lowest BCUT2D eigenvalue weighted by atomic mass is 15.6. The van der Waals surface area contributed by atoms with Crippen molar-refractivity contribution in [3.63, 3.8) is 0 Å². The van der Waals surface area contributed by atoms with E-state index in [-0.39, 0.29) is 0 Å². The first-order valence-electron chi connectivity index (χ1n) is 1.52. The molecule has 0 aliphatic carbocycles. The van der Waals surface area contributed by atoms with Crippen molar-refractivity contribution in [2.24, 2.45) is 0 Å². The van der Waals surface area contributed by atoms with Crippen LogP contribution in [0.2, 0.25) is 0 Å². The van der Waals surface area contributed by atoms with Gasteiger partial charge in [0.25, 0.3) is 0 Å². The van der Waals surface area contributed by atoms with Gasteiger partial charge in [0, 0.05) is 0 Å². The molecule has 0 saturated carbocycles.